The summed E-state index contributed by atoms with van der Waals surface area (Å²) in [4.78, 5) is 38.2. The van der Waals surface area contributed by atoms with Crippen LogP contribution in [0.5, 0.6) is 0 Å². The molecule has 0 amide bonds. The number of rotatable bonds is 59. The molecule has 0 rings (SSSR count). The molecule has 0 heterocycles. The van der Waals surface area contributed by atoms with Crippen LogP contribution in [0.3, 0.4) is 0 Å². The maximum absolute atomic E-state index is 12.9. The van der Waals surface area contributed by atoms with Gasteiger partial charge in [0.15, 0.2) is 6.10 Å². The molecule has 0 saturated heterocycles. The lowest BCUT2D eigenvalue weighted by Crippen LogP contribution is -2.30. The van der Waals surface area contributed by atoms with Crippen molar-refractivity contribution in [3.05, 3.63) is 85.1 Å². The van der Waals surface area contributed by atoms with Gasteiger partial charge in [-0.3, -0.25) is 14.4 Å². The fraction of sp³-hybridized carbons (Fsp3) is 0.757. The molecule has 6 nitrogen and oxygen atoms in total. The quantitative estimate of drug-likeness (QED) is 0.0261. The summed E-state index contributed by atoms with van der Waals surface area (Å²) in [5.41, 5.74) is 0. The van der Waals surface area contributed by atoms with Crippen molar-refractivity contribution in [2.45, 2.75) is 329 Å². The Morgan fingerprint density at radius 3 is 0.816 bits per heavy atom. The topological polar surface area (TPSA) is 78.9 Å². The summed E-state index contributed by atoms with van der Waals surface area (Å²) in [6.45, 7) is 6.52. The molecule has 0 aromatic heterocycles. The van der Waals surface area contributed by atoms with Crippen LogP contribution in [0.2, 0.25) is 0 Å². The van der Waals surface area contributed by atoms with Crippen molar-refractivity contribution in [1.29, 1.82) is 0 Å². The summed E-state index contributed by atoms with van der Waals surface area (Å²) in [6.07, 6.45) is 84.7. The summed E-state index contributed by atoms with van der Waals surface area (Å²) in [5, 5.41) is 0. The van der Waals surface area contributed by atoms with Crippen LogP contribution in [-0.2, 0) is 28.6 Å². The molecule has 0 N–H and O–H groups in total. The molecule has 1 atom stereocenters. The van der Waals surface area contributed by atoms with Gasteiger partial charge in [-0.15, -0.1) is 0 Å². The minimum absolute atomic E-state index is 0.0767. The van der Waals surface area contributed by atoms with Crippen molar-refractivity contribution in [3.8, 4) is 0 Å². The Bertz CT molecular complexity index is 1450. The molecule has 0 bridgehead atoms. The van der Waals surface area contributed by atoms with Crippen molar-refractivity contribution in [2.24, 2.45) is 0 Å². The van der Waals surface area contributed by atoms with Crippen molar-refractivity contribution in [3.63, 3.8) is 0 Å². The number of ether oxygens (including phenoxy) is 3. The minimum Gasteiger partial charge on any atom is -0.462 e. The third-order valence-corrected chi connectivity index (χ3v) is 14.1. The highest BCUT2D eigenvalue weighted by Crippen LogP contribution is 2.16. The molecular weight excluding hydrogens is 937 g/mol. The lowest BCUT2D eigenvalue weighted by atomic mass is 10.0. The fourth-order valence-electron chi connectivity index (χ4n) is 9.27. The second-order valence-corrected chi connectivity index (χ2v) is 21.6. The zero-order valence-corrected chi connectivity index (χ0v) is 50.3. The highest BCUT2D eigenvalue weighted by molar-refractivity contribution is 5.71. The molecule has 6 heteroatoms. The van der Waals surface area contributed by atoms with E-state index in [0.717, 1.165) is 103 Å². The smallest absolute Gasteiger partial charge is 0.306 e. The Labute approximate surface area is 471 Å². The Balaban J connectivity index is 4.19. The van der Waals surface area contributed by atoms with E-state index in [0.29, 0.717) is 19.3 Å². The average Bonchev–Trinajstić information content (AvgIpc) is 3.42. The monoisotopic (exact) mass is 1060 g/mol. The SMILES string of the molecule is CC/C=C\C/C=C\C/C=C\C/C=C\C/C=C\C/C=C\CCCCCCCCCCC(=O)OCC(COC(=O)CCCCCCCCCC)OC(=O)CCCCCCCCCCCCC/C=C\CCCCCCCCCC. The van der Waals surface area contributed by atoms with Gasteiger partial charge in [0.2, 0.25) is 0 Å². The number of allylic oxidation sites excluding steroid dienone is 14. The molecular formula is C70H122O6. The fourth-order valence-corrected chi connectivity index (χ4v) is 9.27. The van der Waals surface area contributed by atoms with Crippen molar-refractivity contribution < 1.29 is 28.6 Å². The zero-order valence-electron chi connectivity index (χ0n) is 50.3. The van der Waals surface area contributed by atoms with Gasteiger partial charge in [0.05, 0.1) is 0 Å². The van der Waals surface area contributed by atoms with Crippen LogP contribution in [0.25, 0.3) is 0 Å². The highest BCUT2D eigenvalue weighted by Gasteiger charge is 2.19. The molecule has 0 saturated carbocycles. The molecule has 0 radical (unpaired) electrons. The summed E-state index contributed by atoms with van der Waals surface area (Å²) in [6, 6.07) is 0. The zero-order chi connectivity index (χ0) is 55.0. The first-order chi connectivity index (χ1) is 37.5. The van der Waals surface area contributed by atoms with Gasteiger partial charge in [0, 0.05) is 19.3 Å². The van der Waals surface area contributed by atoms with E-state index in [1.54, 1.807) is 0 Å². The number of carbonyl (C=O) groups is 3. The summed E-state index contributed by atoms with van der Waals surface area (Å²) < 4.78 is 16.9. The third-order valence-electron chi connectivity index (χ3n) is 14.1. The van der Waals surface area contributed by atoms with Crippen LogP contribution < -0.4 is 0 Å². The van der Waals surface area contributed by atoms with Gasteiger partial charge >= 0.3 is 17.9 Å². The average molecular weight is 1060 g/mol. The number of esters is 3. The number of hydrogen-bond acceptors (Lipinski definition) is 6. The molecule has 1 unspecified atom stereocenters. The Morgan fingerprint density at radius 1 is 0.276 bits per heavy atom. The van der Waals surface area contributed by atoms with Gasteiger partial charge in [-0.2, -0.15) is 0 Å². The first kappa shape index (κ1) is 72.6. The van der Waals surface area contributed by atoms with Crippen LogP contribution in [0, 0.1) is 0 Å². The molecule has 0 aliphatic heterocycles. The molecule has 0 aliphatic carbocycles. The third kappa shape index (κ3) is 61.4. The molecule has 76 heavy (non-hydrogen) atoms. The highest BCUT2D eigenvalue weighted by atomic mass is 16.6. The largest absolute Gasteiger partial charge is 0.462 e. The van der Waals surface area contributed by atoms with E-state index in [2.05, 4.69) is 106 Å². The second kappa shape index (κ2) is 64.1. The minimum atomic E-state index is -0.778. The molecule has 0 aliphatic rings. The summed E-state index contributed by atoms with van der Waals surface area (Å²) >= 11 is 0. The normalized spacial score (nSPS) is 12.6. The standard InChI is InChI=1S/C70H122O6/c1-4-7-10-13-16-19-21-23-25-27-29-31-33-34-35-36-38-39-41-43-45-47-49-51-54-57-60-63-69(72)75-66-67(65-74-68(71)62-59-56-53-18-15-12-9-6-3)76-70(73)64-61-58-55-52-50-48-46-44-42-40-37-32-30-28-26-24-22-20-17-14-11-8-5-2/h7,10,16,19,23,25,28-31,34-35,38-39,67H,4-6,8-9,11-15,17-18,20-22,24,26-27,32-33,36-37,40-66H2,1-3H3/b10-7-,19-16-,25-23-,30-28-,31-29-,35-34-,39-38-. The first-order valence-electron chi connectivity index (χ1n) is 32.6. The van der Waals surface area contributed by atoms with Gasteiger partial charge in [-0.1, -0.05) is 292 Å². The number of unbranched alkanes of at least 4 members (excludes halogenated alkanes) is 34. The Kier molecular flexibility index (Phi) is 61.2. The van der Waals surface area contributed by atoms with Gasteiger partial charge < -0.3 is 14.2 Å². The van der Waals surface area contributed by atoms with Crippen LogP contribution in [0.4, 0.5) is 0 Å². The van der Waals surface area contributed by atoms with Crippen molar-refractivity contribution in [2.75, 3.05) is 13.2 Å². The molecule has 438 valence electrons. The van der Waals surface area contributed by atoms with Gasteiger partial charge in [0.25, 0.3) is 0 Å². The van der Waals surface area contributed by atoms with Gasteiger partial charge in [-0.25, -0.2) is 0 Å². The maximum Gasteiger partial charge on any atom is 0.306 e. The summed E-state index contributed by atoms with van der Waals surface area (Å²) in [7, 11) is 0. The molecule has 0 fully saturated rings. The second-order valence-electron chi connectivity index (χ2n) is 21.6. The van der Waals surface area contributed by atoms with Crippen molar-refractivity contribution in [1.82, 2.24) is 0 Å². The van der Waals surface area contributed by atoms with E-state index in [1.807, 2.05) is 0 Å². The predicted molar refractivity (Wildman–Crippen MR) is 330 cm³/mol. The molecule has 0 aromatic rings. The maximum atomic E-state index is 12.9. The van der Waals surface area contributed by atoms with Gasteiger partial charge in [0.1, 0.15) is 13.2 Å². The van der Waals surface area contributed by atoms with E-state index in [9.17, 15) is 14.4 Å². The molecule has 0 spiro atoms. The van der Waals surface area contributed by atoms with E-state index >= 15 is 0 Å². The first-order valence-corrected chi connectivity index (χ1v) is 32.6. The Morgan fingerprint density at radius 2 is 0.513 bits per heavy atom. The Hall–Kier alpha value is -3.41. The number of hydrogen-bond donors (Lipinski definition) is 0. The van der Waals surface area contributed by atoms with Gasteiger partial charge in [-0.05, 0) is 96.3 Å². The van der Waals surface area contributed by atoms with Crippen LogP contribution >= 0.6 is 0 Å². The lowest BCUT2D eigenvalue weighted by Gasteiger charge is -2.18. The predicted octanol–water partition coefficient (Wildman–Crippen LogP) is 22.3. The molecule has 0 aromatic carbocycles. The lowest BCUT2D eigenvalue weighted by molar-refractivity contribution is -0.167. The van der Waals surface area contributed by atoms with Crippen LogP contribution in [-0.4, -0.2) is 37.2 Å². The van der Waals surface area contributed by atoms with E-state index in [-0.39, 0.29) is 31.1 Å². The number of carbonyl (C=O) groups excluding carboxylic acids is 3. The van der Waals surface area contributed by atoms with Crippen LogP contribution in [0.15, 0.2) is 85.1 Å². The van der Waals surface area contributed by atoms with Crippen molar-refractivity contribution >= 4 is 17.9 Å². The van der Waals surface area contributed by atoms with E-state index in [4.69, 9.17) is 14.2 Å². The van der Waals surface area contributed by atoms with E-state index in [1.165, 1.54) is 180 Å². The summed E-state index contributed by atoms with van der Waals surface area (Å²) in [5.74, 6) is -0.878. The van der Waals surface area contributed by atoms with Crippen LogP contribution in [0.1, 0.15) is 323 Å². The van der Waals surface area contributed by atoms with E-state index < -0.39 is 6.10 Å².